The van der Waals surface area contributed by atoms with Gasteiger partial charge in [-0.1, -0.05) is 31.3 Å². The van der Waals surface area contributed by atoms with Gasteiger partial charge in [0.2, 0.25) is 23.6 Å². The van der Waals surface area contributed by atoms with Gasteiger partial charge in [0.1, 0.15) is 36.1 Å². The molecule has 14 N–H and O–H groups in total. The van der Waals surface area contributed by atoms with Gasteiger partial charge >= 0.3 is 0 Å². The van der Waals surface area contributed by atoms with Crippen LogP contribution < -0.4 is 74.9 Å². The molecule has 34 nitrogen and oxygen atoms in total. The Labute approximate surface area is 857 Å². The average molecular weight is 1990 g/mol. The van der Waals surface area contributed by atoms with E-state index in [0.29, 0.717) is 62.8 Å². The first-order chi connectivity index (χ1) is 64.6. The molecule has 0 unspecified atom stereocenters. The molecule has 142 heavy (non-hydrogen) atoms. The van der Waals surface area contributed by atoms with Crippen LogP contribution in [0.1, 0.15) is 405 Å². The number of hydrogen-bond donors (Lipinski definition) is 14. The number of hydrazone groups is 4. The highest BCUT2D eigenvalue weighted by Crippen LogP contribution is 2.44. The van der Waals surface area contributed by atoms with Crippen LogP contribution in [-0.4, -0.2) is 275 Å². The molecule has 14 aliphatic rings. The molecular weight excluding hydrogens is 1790 g/mol. The van der Waals surface area contributed by atoms with E-state index >= 15 is 0 Å². The SMILES string of the molecule is CC1(C)CC(OC2=CC(N(CCN(CCN(CCN(C3=NN(OC4CC(C)(C)NC(C)(C)C4)NC(OC4CC(C)(C)NC(C)(C)C4)=C3)C3CC(C)(C)NC(C)(C)C3)C3=CC(OC4CC(C)(C)NC(C)(C)C4)=NN(OC4CC(C)(C)NC(C)(C)C4)N3)C3=CC(OC4CC(C)(C)NC(C)(C)C4)=NN(OC4CC(C)(C)NC(C)(C)C4)N3)C3CC(C)(C)NC(C)(C)C3)=NN(OC3CC(C)(C)NC(C)(C)C3)N2)CC(C)(C)N1. The molecule has 0 aromatic heterocycles. The zero-order chi connectivity index (χ0) is 105. The molecule has 0 amide bonds. The Bertz CT molecular complexity index is 4230. The molecule has 14 rings (SSSR count). The minimum atomic E-state index is -0.295. The highest BCUT2D eigenvalue weighted by atomic mass is 16.8. The van der Waals surface area contributed by atoms with E-state index in [9.17, 15) is 0 Å². The van der Waals surface area contributed by atoms with Crippen molar-refractivity contribution in [2.24, 2.45) is 20.4 Å². The number of ether oxygens (including phenoxy) is 4. The quantitative estimate of drug-likeness (QED) is 0.0363. The molecule has 0 bridgehead atoms. The zero-order valence-electron chi connectivity index (χ0n) is 96.1. The summed E-state index contributed by atoms with van der Waals surface area (Å²) in [6, 6.07) is -0.110. The van der Waals surface area contributed by atoms with Crippen LogP contribution in [0.2, 0.25) is 0 Å². The Morgan fingerprint density at radius 1 is 0.218 bits per heavy atom. The summed E-state index contributed by atoms with van der Waals surface area (Å²) in [7, 11) is 0. The smallest absolute Gasteiger partial charge is 0.239 e. The lowest BCUT2D eigenvalue weighted by molar-refractivity contribution is -0.249. The first-order valence-corrected chi connectivity index (χ1v) is 54.4. The van der Waals surface area contributed by atoms with Gasteiger partial charge in [-0.3, -0.25) is 0 Å². The van der Waals surface area contributed by atoms with Gasteiger partial charge in [-0.25, -0.2) is 41.1 Å². The van der Waals surface area contributed by atoms with Crippen molar-refractivity contribution in [2.45, 2.75) is 577 Å². The van der Waals surface area contributed by atoms with Crippen molar-refractivity contribution in [2.75, 3.05) is 39.3 Å². The Hall–Kier alpha value is -6.12. The molecule has 0 radical (unpaired) electrons. The van der Waals surface area contributed by atoms with Crippen LogP contribution in [0.4, 0.5) is 0 Å². The fraction of sp³-hybridized carbons (Fsp3) is 0.889. The maximum absolute atomic E-state index is 7.51. The first-order valence-electron chi connectivity index (χ1n) is 54.4. The zero-order valence-corrected chi connectivity index (χ0v) is 96.1. The Morgan fingerprint density at radius 3 is 0.606 bits per heavy atom. The van der Waals surface area contributed by atoms with E-state index < -0.39 is 0 Å². The average Bonchev–Trinajstić information content (AvgIpc) is 0.774. The third-order valence-corrected chi connectivity index (χ3v) is 30.4. The van der Waals surface area contributed by atoms with Crippen molar-refractivity contribution >= 4 is 23.5 Å². The molecule has 0 atom stereocenters. The summed E-state index contributed by atoms with van der Waals surface area (Å²) in [5.41, 5.74) is 10.2. The molecule has 0 aromatic carbocycles. The molecular formula is C108H200N26O8. The van der Waals surface area contributed by atoms with Gasteiger partial charge < -0.3 is 91.7 Å². The van der Waals surface area contributed by atoms with Gasteiger partial charge in [-0.05, 0) is 354 Å². The van der Waals surface area contributed by atoms with E-state index in [1.807, 2.05) is 0 Å². The molecule has 0 aliphatic carbocycles. The monoisotopic (exact) mass is 1990 g/mol. The standard InChI is InChI=1S/C108H200N26O8/c1-89(2)51-71(52-90(3,4)117-89)129(83-49-87(137-75-59-97(17,18)121-98(19,20)60-75)115-133(111-83)141-79-67-105(33,34)125-106(35,36)68-79)45-43-127(81-47-85(135-73-55-93(9,10)119-94(11,12)56-73)113-131(109-81)139-77-63-101(25,26)123-102(27,28)64-77)41-42-128(82-48-86(136-74-57-95(13,14)120-96(15,16)58-74)114-132(110-82)140-78-65-103(29,30)124-104(31,32)66-78)44-46-130(72-53-91(5,6)118-92(7,8)54-72)84-50-88(138-76-61-99(21,22)122-100(23,24)62-76)116-134(112-84)142-80-69-107(37,38)126-108(39,40)70-80/h47-50,71-80,109-110,115-126H,41-46,51-70H2,1-40H3. The van der Waals surface area contributed by atoms with Crippen LogP contribution in [0, 0.1) is 0 Å². The van der Waals surface area contributed by atoms with Crippen molar-refractivity contribution in [1.29, 1.82) is 0 Å². The van der Waals surface area contributed by atoms with Gasteiger partial charge in [0.25, 0.3) is 0 Å². The van der Waals surface area contributed by atoms with Crippen LogP contribution in [-0.2, 0) is 38.3 Å². The second-order valence-electron chi connectivity index (χ2n) is 59.0. The summed E-state index contributed by atoms with van der Waals surface area (Å²) in [6.45, 7) is 94.3. The largest absolute Gasteiger partial charge is 0.474 e. The third kappa shape index (κ3) is 31.7. The number of hydrazine groups is 4. The third-order valence-electron chi connectivity index (χ3n) is 30.4. The number of rotatable bonds is 27. The maximum Gasteiger partial charge on any atom is 0.239 e. The number of hydrogen-bond acceptors (Lipinski definition) is 34. The van der Waals surface area contributed by atoms with Crippen molar-refractivity contribution < 1.29 is 38.3 Å². The van der Waals surface area contributed by atoms with Crippen LogP contribution >= 0.6 is 0 Å². The summed E-state index contributed by atoms with van der Waals surface area (Å²) in [4.78, 5) is 39.6. The highest BCUT2D eigenvalue weighted by Gasteiger charge is 2.52. The molecule has 0 saturated carbocycles. The first kappa shape index (κ1) is 112. The fourth-order valence-electron chi connectivity index (χ4n) is 29.7. The van der Waals surface area contributed by atoms with Crippen LogP contribution in [0.15, 0.2) is 68.1 Å². The Kier molecular flexibility index (Phi) is 30.9. The molecule has 14 aliphatic heterocycles. The fourth-order valence-corrected chi connectivity index (χ4v) is 29.7. The minimum absolute atomic E-state index is 0.0552. The predicted molar refractivity (Wildman–Crippen MR) is 570 cm³/mol. The van der Waals surface area contributed by atoms with E-state index in [1.54, 1.807) is 21.1 Å². The second kappa shape index (κ2) is 39.3. The number of nitrogens with one attached hydrogen (secondary N) is 14. The number of nitrogens with zero attached hydrogens (tertiary/aromatic N) is 12. The topological polar surface area (TPSA) is 318 Å². The van der Waals surface area contributed by atoms with E-state index in [2.05, 4.69) is 396 Å². The number of amidine groups is 2. The van der Waals surface area contributed by atoms with E-state index in [4.69, 9.17) is 58.7 Å². The lowest BCUT2D eigenvalue weighted by Crippen LogP contribution is -2.64. The Balaban J connectivity index is 0.947. The lowest BCUT2D eigenvalue weighted by atomic mass is 9.79. The molecule has 0 spiro atoms. The molecule has 10 saturated heterocycles. The summed E-state index contributed by atoms with van der Waals surface area (Å²) >= 11 is 0. The van der Waals surface area contributed by atoms with Gasteiger partial charge in [0, 0.05) is 238 Å². The summed E-state index contributed by atoms with van der Waals surface area (Å²) in [5, 5.41) is 68.4. The van der Waals surface area contributed by atoms with Gasteiger partial charge in [0.05, 0.1) is 24.4 Å². The molecule has 34 heteroatoms. The minimum Gasteiger partial charge on any atom is -0.474 e. The van der Waals surface area contributed by atoms with E-state index in [-0.39, 0.29) is 172 Å². The molecule has 14 heterocycles. The normalized spacial score (nSPS) is 29.2. The summed E-state index contributed by atoms with van der Waals surface area (Å²) < 4.78 is 29.9. The van der Waals surface area contributed by atoms with Gasteiger partial charge in [0.15, 0.2) is 11.7 Å². The molecule has 10 fully saturated rings. The van der Waals surface area contributed by atoms with Gasteiger partial charge in [-0.2, -0.15) is 0 Å². The van der Waals surface area contributed by atoms with E-state index in [1.165, 1.54) is 0 Å². The molecule has 0 aromatic rings. The van der Waals surface area contributed by atoms with Crippen molar-refractivity contribution in [1.82, 2.24) is 116 Å². The van der Waals surface area contributed by atoms with Crippen molar-refractivity contribution in [3.63, 3.8) is 0 Å². The maximum atomic E-state index is 7.51. The summed E-state index contributed by atoms with van der Waals surface area (Å²) in [5.74, 6) is 5.02. The van der Waals surface area contributed by atoms with Crippen LogP contribution in [0.5, 0.6) is 0 Å². The second-order valence-corrected chi connectivity index (χ2v) is 59.0. The van der Waals surface area contributed by atoms with Crippen molar-refractivity contribution in [3.8, 4) is 0 Å². The van der Waals surface area contributed by atoms with E-state index in [0.717, 1.165) is 152 Å². The van der Waals surface area contributed by atoms with Crippen LogP contribution in [0.25, 0.3) is 0 Å². The highest BCUT2D eigenvalue weighted by molar-refractivity contribution is 5.94. The lowest BCUT2D eigenvalue weighted by Gasteiger charge is -2.51. The van der Waals surface area contributed by atoms with Crippen LogP contribution in [0.3, 0.4) is 0 Å². The molecule has 810 valence electrons. The Morgan fingerprint density at radius 2 is 0.394 bits per heavy atom. The summed E-state index contributed by atoms with van der Waals surface area (Å²) in [6.07, 6.45) is 22.3. The van der Waals surface area contributed by atoms with Gasteiger partial charge in [-0.15, -0.1) is 10.2 Å². The number of piperidine rings is 10. The predicted octanol–water partition coefficient (Wildman–Crippen LogP) is 15.0. The van der Waals surface area contributed by atoms with Crippen molar-refractivity contribution in [3.05, 3.63) is 47.7 Å².